The van der Waals surface area contributed by atoms with Crippen LogP contribution in [-0.2, 0) is 16.8 Å². The Balaban J connectivity index is 1.62. The van der Waals surface area contributed by atoms with E-state index in [-0.39, 0.29) is 12.0 Å². The molecule has 2 heteroatoms. The maximum atomic E-state index is 12.2. The molecule has 1 unspecified atom stereocenters. The molecule has 4 aromatic rings. The number of hydrogen-bond acceptors (Lipinski definition) is 2. The molecule has 0 aliphatic carbocycles. The third-order valence-corrected chi connectivity index (χ3v) is 6.64. The van der Waals surface area contributed by atoms with Crippen LogP contribution >= 0.6 is 0 Å². The lowest BCUT2D eigenvalue weighted by Crippen LogP contribution is -2.40. The van der Waals surface area contributed by atoms with Gasteiger partial charge >= 0.3 is 0 Å². The van der Waals surface area contributed by atoms with E-state index in [4.69, 9.17) is 0 Å². The van der Waals surface area contributed by atoms with Crippen molar-refractivity contribution in [2.24, 2.45) is 5.92 Å². The fraction of sp³-hybridized carbons (Fsp3) is 0.167. The molecule has 0 spiro atoms. The van der Waals surface area contributed by atoms with E-state index >= 15 is 0 Å². The van der Waals surface area contributed by atoms with E-state index in [9.17, 15) is 4.79 Å². The number of carbonyl (C=O) groups is 1. The van der Waals surface area contributed by atoms with Crippen molar-refractivity contribution in [3.05, 3.63) is 144 Å². The SMILES string of the molecule is O=C[C@H](Cc1ccccc1)[C@@H]1CN1C(c1ccccc1)(c1ccccc1)c1ccccc1. The molecule has 0 amide bonds. The summed E-state index contributed by atoms with van der Waals surface area (Å²) in [5.41, 5.74) is 4.45. The summed E-state index contributed by atoms with van der Waals surface area (Å²) >= 11 is 0. The summed E-state index contributed by atoms with van der Waals surface area (Å²) in [6.45, 7) is 0.884. The number of carbonyl (C=O) groups excluding carboxylic acids is 1. The number of aldehydes is 1. The minimum Gasteiger partial charge on any atom is -0.303 e. The van der Waals surface area contributed by atoms with Gasteiger partial charge in [0.15, 0.2) is 0 Å². The average molecular weight is 418 g/mol. The monoisotopic (exact) mass is 417 g/mol. The first kappa shape index (κ1) is 20.4. The fourth-order valence-corrected chi connectivity index (χ4v) is 5.10. The van der Waals surface area contributed by atoms with E-state index in [1.165, 1.54) is 22.3 Å². The fourth-order valence-electron chi connectivity index (χ4n) is 5.10. The summed E-state index contributed by atoms with van der Waals surface area (Å²) in [4.78, 5) is 14.8. The van der Waals surface area contributed by atoms with Crippen LogP contribution in [0.2, 0.25) is 0 Å². The molecule has 32 heavy (non-hydrogen) atoms. The Morgan fingerprint density at radius 1 is 0.688 bits per heavy atom. The molecular weight excluding hydrogens is 390 g/mol. The second kappa shape index (κ2) is 8.94. The molecule has 158 valence electrons. The first-order valence-corrected chi connectivity index (χ1v) is 11.3. The van der Waals surface area contributed by atoms with Crippen molar-refractivity contribution in [3.63, 3.8) is 0 Å². The van der Waals surface area contributed by atoms with Crippen molar-refractivity contribution in [1.82, 2.24) is 4.90 Å². The zero-order valence-electron chi connectivity index (χ0n) is 18.0. The highest BCUT2D eigenvalue weighted by Gasteiger charge is 2.55. The van der Waals surface area contributed by atoms with Crippen LogP contribution in [0.3, 0.4) is 0 Å². The van der Waals surface area contributed by atoms with E-state index in [0.29, 0.717) is 0 Å². The largest absolute Gasteiger partial charge is 0.303 e. The lowest BCUT2D eigenvalue weighted by molar-refractivity contribution is -0.111. The van der Waals surface area contributed by atoms with Crippen molar-refractivity contribution >= 4 is 6.29 Å². The summed E-state index contributed by atoms with van der Waals surface area (Å²) in [6.07, 6.45) is 1.92. The van der Waals surface area contributed by atoms with Crippen LogP contribution in [0.4, 0.5) is 0 Å². The Bertz CT molecular complexity index is 1050. The van der Waals surface area contributed by atoms with E-state index in [1.54, 1.807) is 0 Å². The second-order valence-electron chi connectivity index (χ2n) is 8.52. The van der Waals surface area contributed by atoms with Crippen molar-refractivity contribution < 1.29 is 4.79 Å². The predicted octanol–water partition coefficient (Wildman–Crippen LogP) is 5.72. The molecule has 5 rings (SSSR count). The molecule has 1 saturated heterocycles. The molecule has 0 bridgehead atoms. The van der Waals surface area contributed by atoms with Crippen molar-refractivity contribution in [2.75, 3.05) is 6.54 Å². The van der Waals surface area contributed by atoms with E-state index in [2.05, 4.69) is 108 Å². The zero-order chi connectivity index (χ0) is 21.8. The molecule has 1 fully saturated rings. The number of rotatable bonds is 8. The van der Waals surface area contributed by atoms with Crippen molar-refractivity contribution in [1.29, 1.82) is 0 Å². The highest BCUT2D eigenvalue weighted by Crippen LogP contribution is 2.49. The smallest absolute Gasteiger partial charge is 0.125 e. The van der Waals surface area contributed by atoms with Gasteiger partial charge in [-0.1, -0.05) is 121 Å². The standard InChI is InChI=1S/C30H27NO/c32-23-25(21-24-13-5-1-6-14-24)29-22-31(29)30(26-15-7-2-8-16-26,27-17-9-3-10-18-27)28-19-11-4-12-20-28/h1-20,23,25,29H,21-22H2/t25-,29-,31?/m0/s1. The normalized spacial score (nSPS) is 18.6. The summed E-state index contributed by atoms with van der Waals surface area (Å²) in [5.74, 6) is -0.0482. The zero-order valence-corrected chi connectivity index (χ0v) is 18.0. The average Bonchev–Trinajstić information content (AvgIpc) is 3.67. The van der Waals surface area contributed by atoms with Gasteiger partial charge in [0.05, 0.1) is 5.54 Å². The molecule has 2 nitrogen and oxygen atoms in total. The minimum atomic E-state index is -0.438. The lowest BCUT2D eigenvalue weighted by Gasteiger charge is -2.38. The number of hydrogen-bond donors (Lipinski definition) is 0. The molecular formula is C30H27NO. The van der Waals surface area contributed by atoms with Crippen LogP contribution in [0.15, 0.2) is 121 Å². The van der Waals surface area contributed by atoms with Gasteiger partial charge in [0, 0.05) is 18.5 Å². The van der Waals surface area contributed by atoms with Gasteiger partial charge in [-0.05, 0) is 28.7 Å². The first-order chi connectivity index (χ1) is 15.8. The van der Waals surface area contributed by atoms with Crippen LogP contribution in [0, 0.1) is 5.92 Å². The molecule has 4 aromatic carbocycles. The third kappa shape index (κ3) is 3.68. The van der Waals surface area contributed by atoms with E-state index in [0.717, 1.165) is 19.3 Å². The van der Waals surface area contributed by atoms with E-state index in [1.807, 2.05) is 18.2 Å². The lowest BCUT2D eigenvalue weighted by atomic mass is 9.76. The van der Waals surface area contributed by atoms with Crippen LogP contribution in [0.5, 0.6) is 0 Å². The molecule has 1 heterocycles. The topological polar surface area (TPSA) is 20.1 Å². The van der Waals surface area contributed by atoms with Gasteiger partial charge < -0.3 is 4.79 Å². The minimum absolute atomic E-state index is 0.0482. The summed E-state index contributed by atoms with van der Waals surface area (Å²) < 4.78 is 0. The van der Waals surface area contributed by atoms with Crippen LogP contribution in [-0.4, -0.2) is 23.8 Å². The Morgan fingerprint density at radius 2 is 1.09 bits per heavy atom. The first-order valence-electron chi connectivity index (χ1n) is 11.3. The molecule has 0 radical (unpaired) electrons. The summed E-state index contributed by atoms with van der Waals surface area (Å²) in [6, 6.07) is 42.6. The highest BCUT2D eigenvalue weighted by molar-refractivity contribution is 5.59. The number of benzene rings is 4. The second-order valence-corrected chi connectivity index (χ2v) is 8.52. The van der Waals surface area contributed by atoms with Gasteiger partial charge in [0.2, 0.25) is 0 Å². The molecule has 3 atom stereocenters. The third-order valence-electron chi connectivity index (χ3n) is 6.64. The highest BCUT2D eigenvalue weighted by atomic mass is 16.1. The van der Waals surface area contributed by atoms with Gasteiger partial charge in [-0.25, -0.2) is 0 Å². The van der Waals surface area contributed by atoms with Gasteiger partial charge in [0.1, 0.15) is 6.29 Å². The van der Waals surface area contributed by atoms with Crippen LogP contribution in [0.1, 0.15) is 22.3 Å². The van der Waals surface area contributed by atoms with E-state index < -0.39 is 5.54 Å². The van der Waals surface area contributed by atoms with Gasteiger partial charge in [-0.15, -0.1) is 0 Å². The summed E-state index contributed by atoms with van der Waals surface area (Å²) in [5, 5.41) is 0. The predicted molar refractivity (Wildman–Crippen MR) is 129 cm³/mol. The number of nitrogens with zero attached hydrogens (tertiary/aromatic N) is 1. The quantitative estimate of drug-likeness (QED) is 0.208. The maximum Gasteiger partial charge on any atom is 0.125 e. The molecule has 0 saturated carbocycles. The Kier molecular flexibility index (Phi) is 5.70. The molecule has 0 N–H and O–H groups in total. The van der Waals surface area contributed by atoms with Crippen LogP contribution in [0.25, 0.3) is 0 Å². The van der Waals surface area contributed by atoms with Gasteiger partial charge in [0.25, 0.3) is 0 Å². The Labute approximate surface area is 190 Å². The summed E-state index contributed by atoms with van der Waals surface area (Å²) in [7, 11) is 0. The molecule has 0 aromatic heterocycles. The van der Waals surface area contributed by atoms with Gasteiger partial charge in [-0.3, -0.25) is 4.90 Å². The molecule has 1 aliphatic rings. The van der Waals surface area contributed by atoms with Crippen LogP contribution < -0.4 is 0 Å². The Morgan fingerprint density at radius 3 is 1.50 bits per heavy atom. The maximum absolute atomic E-state index is 12.2. The van der Waals surface area contributed by atoms with Gasteiger partial charge in [-0.2, -0.15) is 0 Å². The van der Waals surface area contributed by atoms with Crippen molar-refractivity contribution in [2.45, 2.75) is 18.0 Å². The Hall–Kier alpha value is -3.49. The van der Waals surface area contributed by atoms with Crippen molar-refractivity contribution in [3.8, 4) is 0 Å². The molecule has 1 aliphatic heterocycles.